The summed E-state index contributed by atoms with van der Waals surface area (Å²) >= 11 is 0. The quantitative estimate of drug-likeness (QED) is 0.356. The van der Waals surface area contributed by atoms with Gasteiger partial charge in [0.1, 0.15) is 22.9 Å². The van der Waals surface area contributed by atoms with E-state index in [4.69, 9.17) is 10.7 Å². The fraction of sp³-hybridized carbons (Fsp3) is 0.500. The Balaban J connectivity index is 1.16. The fourth-order valence-electron chi connectivity index (χ4n) is 6.66. The third-order valence-corrected chi connectivity index (χ3v) is 9.52. The number of nitrogens with zero attached hydrogens (tertiary/aromatic N) is 5. The monoisotopic (exact) mass is 568 g/mol. The van der Waals surface area contributed by atoms with E-state index in [0.717, 1.165) is 75.1 Å². The van der Waals surface area contributed by atoms with Gasteiger partial charge in [-0.1, -0.05) is 18.2 Å². The van der Waals surface area contributed by atoms with E-state index in [1.165, 1.54) is 12.8 Å². The molecule has 2 aromatic heterocycles. The highest BCUT2D eigenvalue weighted by atomic mass is 16.2. The van der Waals surface area contributed by atoms with Gasteiger partial charge in [0.05, 0.1) is 12.2 Å². The number of aromatic nitrogens is 3. The molecule has 2 aliphatic heterocycles. The maximum atomic E-state index is 13.5. The predicted molar refractivity (Wildman–Crippen MR) is 161 cm³/mol. The molecule has 2 aliphatic carbocycles. The molecule has 10 nitrogen and oxygen atoms in total. The first-order valence-electron chi connectivity index (χ1n) is 15.4. The summed E-state index contributed by atoms with van der Waals surface area (Å²) in [5.74, 6) is 1.14. The lowest BCUT2D eigenvalue weighted by molar-refractivity contribution is -0.127. The number of rotatable bonds is 8. The molecule has 4 aliphatic rings. The van der Waals surface area contributed by atoms with E-state index in [1.54, 1.807) is 12.3 Å². The van der Waals surface area contributed by atoms with Crippen LogP contribution in [0.5, 0.6) is 0 Å². The summed E-state index contributed by atoms with van der Waals surface area (Å²) in [6.45, 7) is 2.46. The number of nitrogens with one attached hydrogen (secondary N) is 2. The molecule has 10 heteroatoms. The Labute approximate surface area is 246 Å². The van der Waals surface area contributed by atoms with Crippen molar-refractivity contribution in [3.05, 3.63) is 60.2 Å². The van der Waals surface area contributed by atoms with Gasteiger partial charge in [0, 0.05) is 48.7 Å². The number of nitrogens with two attached hydrogens (primary N) is 1. The summed E-state index contributed by atoms with van der Waals surface area (Å²) in [7, 11) is 2.12. The molecule has 1 unspecified atom stereocenters. The molecule has 2 atom stereocenters. The Morgan fingerprint density at radius 2 is 2.00 bits per heavy atom. The van der Waals surface area contributed by atoms with Gasteiger partial charge in [0.15, 0.2) is 0 Å². The van der Waals surface area contributed by atoms with Crippen LogP contribution < -0.4 is 16.4 Å². The van der Waals surface area contributed by atoms with Crippen molar-refractivity contribution in [1.29, 1.82) is 0 Å². The topological polar surface area (TPSA) is 121 Å². The van der Waals surface area contributed by atoms with Crippen LogP contribution >= 0.6 is 0 Å². The summed E-state index contributed by atoms with van der Waals surface area (Å²) in [6, 6.07) is 8.01. The minimum Gasteiger partial charge on any atom is -0.382 e. The molecule has 1 aromatic carbocycles. The van der Waals surface area contributed by atoms with Crippen LogP contribution in [0, 0.1) is 5.41 Å². The Morgan fingerprint density at radius 3 is 2.71 bits per heavy atom. The van der Waals surface area contributed by atoms with E-state index in [1.807, 2.05) is 45.8 Å². The summed E-state index contributed by atoms with van der Waals surface area (Å²) in [5.41, 5.74) is 9.51. The van der Waals surface area contributed by atoms with Gasteiger partial charge in [-0.3, -0.25) is 24.2 Å². The van der Waals surface area contributed by atoms with E-state index in [2.05, 4.69) is 27.6 Å². The average Bonchev–Trinajstić information content (AvgIpc) is 3.91. The largest absolute Gasteiger partial charge is 0.382 e. The van der Waals surface area contributed by atoms with Crippen molar-refractivity contribution in [2.45, 2.75) is 69.6 Å². The zero-order chi connectivity index (χ0) is 28.8. The number of fused-ring (bicyclic) bond motifs is 1. The lowest BCUT2D eigenvalue weighted by Gasteiger charge is -2.24. The molecule has 7 rings (SSSR count). The fourth-order valence-corrected chi connectivity index (χ4v) is 6.66. The second kappa shape index (κ2) is 10.8. The van der Waals surface area contributed by atoms with Crippen LogP contribution in [0.2, 0.25) is 0 Å². The van der Waals surface area contributed by atoms with Crippen LogP contribution in [-0.2, 0) is 4.79 Å². The Kier molecular flexibility index (Phi) is 6.98. The number of amides is 2. The van der Waals surface area contributed by atoms with Crippen LogP contribution in [0.15, 0.2) is 48.8 Å². The minimum absolute atomic E-state index is 0.0113. The number of hydrogen-bond donors (Lipinski definition) is 3. The van der Waals surface area contributed by atoms with E-state index < -0.39 is 0 Å². The van der Waals surface area contributed by atoms with Crippen molar-refractivity contribution >= 4 is 23.1 Å². The molecular formula is C32H40N8O2. The summed E-state index contributed by atoms with van der Waals surface area (Å²) in [6.07, 6.45) is 16.2. The second-order valence-electron chi connectivity index (χ2n) is 12.7. The maximum Gasteiger partial charge on any atom is 0.252 e. The highest BCUT2D eigenvalue weighted by Crippen LogP contribution is 2.58. The number of carbonyl (C=O) groups is 2. The lowest BCUT2D eigenvalue weighted by Crippen LogP contribution is -2.47. The molecule has 1 spiro atoms. The number of imidazole rings is 1. The summed E-state index contributed by atoms with van der Waals surface area (Å²) in [4.78, 5) is 40.2. The number of anilines is 1. The van der Waals surface area contributed by atoms with Crippen molar-refractivity contribution in [3.8, 4) is 11.3 Å². The van der Waals surface area contributed by atoms with Crippen LogP contribution in [0.25, 0.3) is 16.8 Å². The molecule has 42 heavy (non-hydrogen) atoms. The molecule has 2 saturated carbocycles. The van der Waals surface area contributed by atoms with Crippen LogP contribution in [0.3, 0.4) is 0 Å². The van der Waals surface area contributed by atoms with Crippen LogP contribution in [-0.4, -0.2) is 74.9 Å². The molecular weight excluding hydrogens is 528 g/mol. The van der Waals surface area contributed by atoms with E-state index in [9.17, 15) is 9.59 Å². The Bertz CT molecular complexity index is 1520. The highest BCUT2D eigenvalue weighted by Gasteiger charge is 2.54. The third kappa shape index (κ3) is 5.29. The van der Waals surface area contributed by atoms with Crippen LogP contribution in [0.4, 0.5) is 5.82 Å². The molecule has 4 heterocycles. The molecule has 220 valence electrons. The van der Waals surface area contributed by atoms with E-state index >= 15 is 0 Å². The molecule has 2 amide bonds. The van der Waals surface area contributed by atoms with Gasteiger partial charge >= 0.3 is 0 Å². The van der Waals surface area contributed by atoms with Gasteiger partial charge in [-0.2, -0.15) is 0 Å². The molecule has 4 fully saturated rings. The zero-order valence-electron chi connectivity index (χ0n) is 24.3. The van der Waals surface area contributed by atoms with Crippen molar-refractivity contribution in [2.75, 3.05) is 32.4 Å². The van der Waals surface area contributed by atoms with Gasteiger partial charge in [-0.25, -0.2) is 9.97 Å². The van der Waals surface area contributed by atoms with Gasteiger partial charge in [0.25, 0.3) is 5.91 Å². The first-order valence-corrected chi connectivity index (χ1v) is 15.4. The van der Waals surface area contributed by atoms with Gasteiger partial charge < -0.3 is 16.0 Å². The van der Waals surface area contributed by atoms with E-state index in [-0.39, 0.29) is 29.4 Å². The van der Waals surface area contributed by atoms with Gasteiger partial charge in [0.2, 0.25) is 5.91 Å². The highest BCUT2D eigenvalue weighted by molar-refractivity contribution is 5.95. The lowest BCUT2D eigenvalue weighted by atomic mass is 10.0. The number of piperidine rings is 1. The molecule has 0 radical (unpaired) electrons. The summed E-state index contributed by atoms with van der Waals surface area (Å²) < 4.78 is 2.00. The number of carbonyl (C=O) groups excluding carboxylic acids is 2. The number of likely N-dealkylation sites (tertiary alicyclic amines) is 1. The minimum atomic E-state index is -0.151. The molecule has 2 saturated heterocycles. The van der Waals surface area contributed by atoms with Crippen molar-refractivity contribution in [3.63, 3.8) is 0 Å². The smallest absolute Gasteiger partial charge is 0.252 e. The summed E-state index contributed by atoms with van der Waals surface area (Å²) in [5, 5.41) is 6.44. The second-order valence-corrected chi connectivity index (χ2v) is 12.7. The van der Waals surface area contributed by atoms with Gasteiger partial charge in [-0.05, 0) is 82.5 Å². The zero-order valence-corrected chi connectivity index (χ0v) is 24.3. The van der Waals surface area contributed by atoms with E-state index in [0.29, 0.717) is 23.1 Å². The van der Waals surface area contributed by atoms with Crippen molar-refractivity contribution in [2.24, 2.45) is 5.41 Å². The number of benzene rings is 1. The maximum absolute atomic E-state index is 13.5. The first-order chi connectivity index (χ1) is 20.4. The average molecular weight is 569 g/mol. The van der Waals surface area contributed by atoms with Crippen molar-refractivity contribution < 1.29 is 9.59 Å². The number of likely N-dealkylation sites (N-methyl/N-ethyl adjacent to an activating group) is 1. The Morgan fingerprint density at radius 1 is 1.19 bits per heavy atom. The number of hydrogen-bond acceptors (Lipinski definition) is 7. The first kappa shape index (κ1) is 27.1. The molecule has 3 aromatic rings. The Hall–Kier alpha value is -3.76. The van der Waals surface area contributed by atoms with Gasteiger partial charge in [-0.15, -0.1) is 0 Å². The predicted octanol–water partition coefficient (Wildman–Crippen LogP) is 3.51. The van der Waals surface area contributed by atoms with Crippen LogP contribution in [0.1, 0.15) is 73.6 Å². The standard InChI is InChI=1S/C32H40N8O2/c1-38(23-11-12-23)17-4-6-26(41)40-20-32(13-14-32)19-24(40)30-37-27(28-29(33)35-16-18-39(28)30)21-7-9-22(10-8-21)31(42)36-25-5-2-3-15-34-25/h4,6-10,16,18,23-25,34H,2-3,5,11-15,17,19-20H2,1H3,(H2,33,35)(H,36,42)/b6-4+/t24?,25-/m0/s1. The normalized spacial score (nSPS) is 23.3. The SMILES string of the molecule is CN(C/C=C/C(=O)N1CC2(CC2)CC1c1nc(-c2ccc(C(=O)N[C@H]3CCCCN3)cc2)c2c(N)nccn12)C1CC1. The molecule has 0 bridgehead atoms. The number of nitrogen functional groups attached to an aromatic ring is 1. The third-order valence-electron chi connectivity index (χ3n) is 9.52. The molecule has 4 N–H and O–H groups in total. The van der Waals surface area contributed by atoms with Crippen molar-refractivity contribution in [1.82, 2.24) is 34.8 Å².